The standard InChI is InChI=1S/C13H15ClN2O4Si/c1-20-13(17)9-7-10(16(18)19)12(15)8(11(9)14)5-6-21(2,3)4/h7H,15H2,1-4H3. The van der Waals surface area contributed by atoms with Crippen LogP contribution in [-0.2, 0) is 4.74 Å². The third kappa shape index (κ3) is 3.97. The summed E-state index contributed by atoms with van der Waals surface area (Å²) in [7, 11) is -0.584. The first-order valence-electron chi connectivity index (χ1n) is 5.96. The number of hydrogen-bond acceptors (Lipinski definition) is 5. The maximum atomic E-state index is 11.7. The second kappa shape index (κ2) is 6.16. The van der Waals surface area contributed by atoms with Gasteiger partial charge in [0, 0.05) is 6.07 Å². The molecule has 0 aliphatic rings. The predicted molar refractivity (Wildman–Crippen MR) is 84.1 cm³/mol. The summed E-state index contributed by atoms with van der Waals surface area (Å²) >= 11 is 6.10. The lowest BCUT2D eigenvalue weighted by atomic mass is 10.1. The molecule has 0 amide bonds. The number of carbonyl (C=O) groups excluding carboxylic acids is 1. The zero-order valence-electron chi connectivity index (χ0n) is 12.1. The van der Waals surface area contributed by atoms with Crippen molar-refractivity contribution in [2.45, 2.75) is 19.6 Å². The van der Waals surface area contributed by atoms with Crippen molar-refractivity contribution in [3.05, 3.63) is 32.3 Å². The van der Waals surface area contributed by atoms with Crippen molar-refractivity contribution >= 4 is 37.0 Å². The normalized spacial score (nSPS) is 10.5. The number of esters is 1. The highest BCUT2D eigenvalue weighted by atomic mass is 35.5. The van der Waals surface area contributed by atoms with Gasteiger partial charge in [-0.3, -0.25) is 10.1 Å². The summed E-state index contributed by atoms with van der Waals surface area (Å²) in [5.74, 6) is 2.00. The van der Waals surface area contributed by atoms with Crippen LogP contribution in [0.15, 0.2) is 6.07 Å². The maximum absolute atomic E-state index is 11.7. The van der Waals surface area contributed by atoms with Crippen molar-refractivity contribution in [3.63, 3.8) is 0 Å². The third-order valence-corrected chi connectivity index (χ3v) is 3.71. The van der Waals surface area contributed by atoms with Crippen molar-refractivity contribution in [2.75, 3.05) is 12.8 Å². The Hall–Kier alpha value is -2.04. The zero-order chi connectivity index (χ0) is 16.4. The Bertz CT molecular complexity index is 671. The Morgan fingerprint density at radius 1 is 1.48 bits per heavy atom. The molecule has 0 aromatic heterocycles. The topological polar surface area (TPSA) is 95.5 Å². The number of nitro groups is 1. The first-order chi connectivity index (χ1) is 9.58. The van der Waals surface area contributed by atoms with Crippen molar-refractivity contribution in [1.82, 2.24) is 0 Å². The minimum Gasteiger partial charge on any atom is -0.465 e. The van der Waals surface area contributed by atoms with Gasteiger partial charge in [-0.25, -0.2) is 4.79 Å². The number of nitrogens with zero attached hydrogens (tertiary/aromatic N) is 1. The number of rotatable bonds is 2. The van der Waals surface area contributed by atoms with Crippen LogP contribution in [0.4, 0.5) is 11.4 Å². The SMILES string of the molecule is COC(=O)c1cc([N+](=O)[O-])c(N)c(C#C[Si](C)(C)C)c1Cl. The van der Waals surface area contributed by atoms with Crippen molar-refractivity contribution < 1.29 is 14.5 Å². The molecule has 0 aliphatic carbocycles. The van der Waals surface area contributed by atoms with Gasteiger partial charge >= 0.3 is 5.97 Å². The third-order valence-electron chi connectivity index (χ3n) is 2.45. The number of nitro benzene ring substituents is 1. The van der Waals surface area contributed by atoms with Crippen LogP contribution in [0.5, 0.6) is 0 Å². The van der Waals surface area contributed by atoms with Gasteiger partial charge in [-0.15, -0.1) is 5.54 Å². The number of hydrogen-bond donors (Lipinski definition) is 1. The number of benzene rings is 1. The molecule has 0 saturated heterocycles. The summed E-state index contributed by atoms with van der Waals surface area (Å²) in [5.41, 5.74) is 8.18. The Morgan fingerprint density at radius 2 is 2.05 bits per heavy atom. The Morgan fingerprint density at radius 3 is 2.48 bits per heavy atom. The minimum atomic E-state index is -1.74. The fraction of sp³-hybridized carbons (Fsp3) is 0.308. The molecule has 0 fully saturated rings. The number of anilines is 1. The van der Waals surface area contributed by atoms with Gasteiger partial charge in [0.25, 0.3) is 5.69 Å². The number of nitrogens with two attached hydrogens (primary N) is 1. The molecule has 21 heavy (non-hydrogen) atoms. The molecule has 1 aromatic carbocycles. The number of halogens is 1. The average Bonchev–Trinajstić information content (AvgIpc) is 2.36. The minimum absolute atomic E-state index is 0.0318. The average molecular weight is 327 g/mol. The van der Waals surface area contributed by atoms with Gasteiger partial charge in [-0.05, 0) is 0 Å². The van der Waals surface area contributed by atoms with Crippen LogP contribution >= 0.6 is 11.6 Å². The monoisotopic (exact) mass is 326 g/mol. The highest BCUT2D eigenvalue weighted by molar-refractivity contribution is 6.83. The Labute approximate surface area is 128 Å². The van der Waals surface area contributed by atoms with Gasteiger partial charge in [0.1, 0.15) is 13.8 Å². The molecule has 0 spiro atoms. The van der Waals surface area contributed by atoms with Crippen LogP contribution in [0.25, 0.3) is 0 Å². The van der Waals surface area contributed by atoms with E-state index in [-0.39, 0.29) is 21.8 Å². The quantitative estimate of drug-likeness (QED) is 0.225. The molecule has 0 unspecified atom stereocenters. The molecule has 0 bridgehead atoms. The van der Waals surface area contributed by atoms with Crippen LogP contribution < -0.4 is 5.73 Å². The number of ether oxygens (including phenoxy) is 1. The predicted octanol–water partition coefficient (Wildman–Crippen LogP) is 2.85. The van der Waals surface area contributed by atoms with E-state index in [1.54, 1.807) is 0 Å². The van der Waals surface area contributed by atoms with E-state index in [1.807, 2.05) is 19.6 Å². The second-order valence-corrected chi connectivity index (χ2v) is 10.4. The summed E-state index contributed by atoms with van der Waals surface area (Å²) < 4.78 is 4.57. The highest BCUT2D eigenvalue weighted by Crippen LogP contribution is 2.34. The molecule has 0 radical (unpaired) electrons. The molecular formula is C13H15ClN2O4Si. The van der Waals surface area contributed by atoms with E-state index in [1.165, 1.54) is 0 Å². The maximum Gasteiger partial charge on any atom is 0.339 e. The lowest BCUT2D eigenvalue weighted by molar-refractivity contribution is -0.383. The molecule has 1 aromatic rings. The molecule has 8 heteroatoms. The lowest BCUT2D eigenvalue weighted by Crippen LogP contribution is -2.16. The molecule has 2 N–H and O–H groups in total. The molecule has 1 rings (SSSR count). The second-order valence-electron chi connectivity index (χ2n) is 5.29. The summed E-state index contributed by atoms with van der Waals surface area (Å²) in [6.07, 6.45) is 0. The smallest absolute Gasteiger partial charge is 0.339 e. The van der Waals surface area contributed by atoms with Gasteiger partial charge in [0.2, 0.25) is 0 Å². The lowest BCUT2D eigenvalue weighted by Gasteiger charge is -2.09. The number of methoxy groups -OCH3 is 1. The van der Waals surface area contributed by atoms with Gasteiger partial charge in [0.05, 0.1) is 28.2 Å². The summed E-state index contributed by atoms with van der Waals surface area (Å²) in [6, 6.07) is 1.00. The Kier molecular flexibility index (Phi) is 4.99. The van der Waals surface area contributed by atoms with Gasteiger partial charge in [-0.1, -0.05) is 37.2 Å². The van der Waals surface area contributed by atoms with Crippen LogP contribution in [-0.4, -0.2) is 26.1 Å². The van der Waals surface area contributed by atoms with Crippen LogP contribution in [0.3, 0.4) is 0 Å². The molecule has 0 atom stereocenters. The molecule has 0 aliphatic heterocycles. The van der Waals surface area contributed by atoms with E-state index < -0.39 is 24.7 Å². The summed E-state index contributed by atoms with van der Waals surface area (Å²) in [6.45, 7) is 6.01. The molecule has 0 saturated carbocycles. The van der Waals surface area contributed by atoms with Gasteiger partial charge in [0.15, 0.2) is 0 Å². The first kappa shape index (κ1) is 17.0. The van der Waals surface area contributed by atoms with E-state index in [0.29, 0.717) is 0 Å². The van der Waals surface area contributed by atoms with Crippen molar-refractivity contribution in [1.29, 1.82) is 0 Å². The van der Waals surface area contributed by atoms with E-state index in [4.69, 9.17) is 17.3 Å². The van der Waals surface area contributed by atoms with Crippen molar-refractivity contribution in [3.8, 4) is 11.5 Å². The van der Waals surface area contributed by atoms with Crippen molar-refractivity contribution in [2.24, 2.45) is 0 Å². The summed E-state index contributed by atoms with van der Waals surface area (Å²) in [5, 5.41) is 11.0. The summed E-state index contributed by atoms with van der Waals surface area (Å²) in [4.78, 5) is 22.0. The number of carbonyl (C=O) groups is 1. The van der Waals surface area contributed by atoms with E-state index >= 15 is 0 Å². The highest BCUT2D eigenvalue weighted by Gasteiger charge is 2.25. The zero-order valence-corrected chi connectivity index (χ0v) is 13.9. The van der Waals surface area contributed by atoms with Gasteiger partial charge in [-0.2, -0.15) is 0 Å². The van der Waals surface area contributed by atoms with E-state index in [0.717, 1.165) is 13.2 Å². The molecular weight excluding hydrogens is 312 g/mol. The Balaban J connectivity index is 3.68. The molecule has 112 valence electrons. The largest absolute Gasteiger partial charge is 0.465 e. The van der Waals surface area contributed by atoms with Gasteiger partial charge < -0.3 is 10.5 Å². The van der Waals surface area contributed by atoms with E-state index in [2.05, 4.69) is 16.2 Å². The van der Waals surface area contributed by atoms with Crippen LogP contribution in [0.1, 0.15) is 15.9 Å². The number of nitrogen functional groups attached to an aromatic ring is 1. The molecule has 6 nitrogen and oxygen atoms in total. The van der Waals surface area contributed by atoms with Crippen LogP contribution in [0, 0.1) is 21.6 Å². The molecule has 0 heterocycles. The van der Waals surface area contributed by atoms with E-state index in [9.17, 15) is 14.9 Å². The first-order valence-corrected chi connectivity index (χ1v) is 9.84. The van der Waals surface area contributed by atoms with Crippen LogP contribution in [0.2, 0.25) is 24.7 Å². The fourth-order valence-electron chi connectivity index (χ4n) is 1.44. The fourth-order valence-corrected chi connectivity index (χ4v) is 2.22.